The van der Waals surface area contributed by atoms with E-state index in [4.69, 9.17) is 0 Å². The summed E-state index contributed by atoms with van der Waals surface area (Å²) in [6.07, 6.45) is 2.05. The van der Waals surface area contributed by atoms with Gasteiger partial charge in [0.05, 0.1) is 0 Å². The van der Waals surface area contributed by atoms with Gasteiger partial charge in [0.2, 0.25) is 5.91 Å². The minimum atomic E-state index is -1.03. The highest BCUT2D eigenvalue weighted by molar-refractivity contribution is 5.88. The number of rotatable bonds is 4. The van der Waals surface area contributed by atoms with Crippen LogP contribution in [0.25, 0.3) is 10.9 Å². The number of hydrogen-bond donors (Lipinski definition) is 3. The number of nitrogens with one attached hydrogen (secondary N) is 2. The zero-order chi connectivity index (χ0) is 15.6. The zero-order valence-corrected chi connectivity index (χ0v) is 12.4. The van der Waals surface area contributed by atoms with Crippen LogP contribution in [-0.2, 0) is 16.0 Å². The molecule has 5 heteroatoms. The summed E-state index contributed by atoms with van der Waals surface area (Å²) in [7, 11) is 0. The molecule has 21 heavy (non-hydrogen) atoms. The van der Waals surface area contributed by atoms with Crippen LogP contribution in [0.5, 0.6) is 0 Å². The van der Waals surface area contributed by atoms with Gasteiger partial charge in [-0.25, -0.2) is 4.79 Å². The fourth-order valence-corrected chi connectivity index (χ4v) is 2.10. The molecular weight excluding hydrogens is 268 g/mol. The van der Waals surface area contributed by atoms with Gasteiger partial charge in [-0.1, -0.05) is 39.0 Å². The number of benzene rings is 1. The molecule has 1 unspecified atom stereocenters. The first-order valence-electron chi connectivity index (χ1n) is 6.88. The maximum atomic E-state index is 12.0. The van der Waals surface area contributed by atoms with Crippen molar-refractivity contribution >= 4 is 22.8 Å². The maximum Gasteiger partial charge on any atom is 0.326 e. The van der Waals surface area contributed by atoms with Gasteiger partial charge in [-0.3, -0.25) is 4.79 Å². The van der Waals surface area contributed by atoms with Gasteiger partial charge in [0, 0.05) is 28.9 Å². The van der Waals surface area contributed by atoms with Gasteiger partial charge in [0.15, 0.2) is 0 Å². The van der Waals surface area contributed by atoms with Crippen molar-refractivity contribution in [3.05, 3.63) is 36.0 Å². The van der Waals surface area contributed by atoms with Gasteiger partial charge < -0.3 is 15.4 Å². The Morgan fingerprint density at radius 3 is 2.57 bits per heavy atom. The van der Waals surface area contributed by atoms with Gasteiger partial charge >= 0.3 is 5.97 Å². The summed E-state index contributed by atoms with van der Waals surface area (Å²) >= 11 is 0. The second-order valence-corrected chi connectivity index (χ2v) is 6.18. The van der Waals surface area contributed by atoms with Crippen LogP contribution in [0.2, 0.25) is 0 Å². The van der Waals surface area contributed by atoms with Gasteiger partial charge in [-0.15, -0.1) is 0 Å². The molecule has 1 amide bonds. The number of H-pyrrole nitrogens is 1. The molecule has 0 aliphatic heterocycles. The molecule has 0 saturated heterocycles. The number of carbonyl (C=O) groups is 2. The lowest BCUT2D eigenvalue weighted by Gasteiger charge is -2.21. The van der Waals surface area contributed by atoms with Crippen molar-refractivity contribution in [1.82, 2.24) is 10.3 Å². The van der Waals surface area contributed by atoms with Crippen LogP contribution in [0.1, 0.15) is 26.3 Å². The van der Waals surface area contributed by atoms with Crippen molar-refractivity contribution < 1.29 is 14.7 Å². The molecule has 0 aliphatic carbocycles. The minimum Gasteiger partial charge on any atom is -0.480 e. The van der Waals surface area contributed by atoms with Crippen LogP contribution in [-0.4, -0.2) is 28.0 Å². The van der Waals surface area contributed by atoms with E-state index < -0.39 is 17.4 Å². The highest BCUT2D eigenvalue weighted by Gasteiger charge is 2.28. The molecule has 1 heterocycles. The van der Waals surface area contributed by atoms with Gasteiger partial charge in [0.25, 0.3) is 0 Å². The lowest BCUT2D eigenvalue weighted by atomic mass is 9.94. The average Bonchev–Trinajstić information content (AvgIpc) is 2.80. The SMILES string of the molecule is CC(C)(C)C(=O)NC(Cc1c[nH]c2ccccc12)C(=O)O. The molecule has 0 saturated carbocycles. The normalized spacial score (nSPS) is 13.1. The Hall–Kier alpha value is -2.30. The van der Waals surface area contributed by atoms with Gasteiger partial charge in [-0.05, 0) is 11.6 Å². The molecule has 0 bridgehead atoms. The number of carboxylic acid groups (broad SMARTS) is 1. The number of fused-ring (bicyclic) bond motifs is 1. The van der Waals surface area contributed by atoms with Crippen molar-refractivity contribution in [2.24, 2.45) is 5.41 Å². The van der Waals surface area contributed by atoms with E-state index in [0.29, 0.717) is 0 Å². The highest BCUT2D eigenvalue weighted by atomic mass is 16.4. The fraction of sp³-hybridized carbons (Fsp3) is 0.375. The van der Waals surface area contributed by atoms with Gasteiger partial charge in [-0.2, -0.15) is 0 Å². The minimum absolute atomic E-state index is 0.251. The summed E-state index contributed by atoms with van der Waals surface area (Å²) in [5.41, 5.74) is 1.22. The molecule has 0 fully saturated rings. The van der Waals surface area contributed by atoms with Gasteiger partial charge in [0.1, 0.15) is 6.04 Å². The Balaban J connectivity index is 2.21. The summed E-state index contributed by atoms with van der Waals surface area (Å²) in [6, 6.07) is 6.76. The molecule has 5 nitrogen and oxygen atoms in total. The van der Waals surface area contributed by atoms with E-state index in [9.17, 15) is 14.7 Å². The molecule has 2 rings (SSSR count). The molecule has 2 aromatic rings. The molecule has 1 aromatic carbocycles. The van der Waals surface area contributed by atoms with Crippen LogP contribution < -0.4 is 5.32 Å². The van der Waals surface area contributed by atoms with Crippen LogP contribution in [0.3, 0.4) is 0 Å². The number of aromatic nitrogens is 1. The molecule has 112 valence electrons. The number of hydrogen-bond acceptors (Lipinski definition) is 2. The van der Waals surface area contributed by atoms with Crippen molar-refractivity contribution in [2.75, 3.05) is 0 Å². The van der Waals surface area contributed by atoms with E-state index in [1.54, 1.807) is 27.0 Å². The zero-order valence-electron chi connectivity index (χ0n) is 12.4. The standard InChI is InChI=1S/C16H20N2O3/c1-16(2,3)15(21)18-13(14(19)20)8-10-9-17-12-7-5-4-6-11(10)12/h4-7,9,13,17H,8H2,1-3H3,(H,18,21)(H,19,20). The maximum absolute atomic E-state index is 12.0. The summed E-state index contributed by atoms with van der Waals surface area (Å²) in [5.74, 6) is -1.30. The van der Waals surface area contributed by atoms with Crippen LogP contribution in [0.4, 0.5) is 0 Å². The molecule has 3 N–H and O–H groups in total. The third kappa shape index (κ3) is 3.42. The number of carbonyl (C=O) groups excluding carboxylic acids is 1. The highest BCUT2D eigenvalue weighted by Crippen LogP contribution is 2.20. The first-order chi connectivity index (χ1) is 9.79. The van der Waals surface area contributed by atoms with Crippen molar-refractivity contribution in [1.29, 1.82) is 0 Å². The molecule has 1 atom stereocenters. The third-order valence-electron chi connectivity index (χ3n) is 3.38. The van der Waals surface area contributed by atoms with Crippen LogP contribution in [0, 0.1) is 5.41 Å². The predicted molar refractivity (Wildman–Crippen MR) is 81.0 cm³/mol. The van der Waals surface area contributed by atoms with Crippen LogP contribution >= 0.6 is 0 Å². The smallest absolute Gasteiger partial charge is 0.326 e. The molecule has 1 aromatic heterocycles. The summed E-state index contributed by atoms with van der Waals surface area (Å²) in [6.45, 7) is 5.27. The Morgan fingerprint density at radius 1 is 1.29 bits per heavy atom. The molecule has 0 spiro atoms. The Kier molecular flexibility index (Phi) is 4.02. The largest absolute Gasteiger partial charge is 0.480 e. The second-order valence-electron chi connectivity index (χ2n) is 6.18. The Morgan fingerprint density at radius 2 is 1.95 bits per heavy atom. The number of aliphatic carboxylic acids is 1. The topological polar surface area (TPSA) is 82.2 Å². The number of aromatic amines is 1. The first kappa shape index (κ1) is 15.1. The van der Waals surface area contributed by atoms with E-state index >= 15 is 0 Å². The summed E-state index contributed by atoms with van der Waals surface area (Å²) < 4.78 is 0. The van der Waals surface area contributed by atoms with E-state index in [1.165, 1.54) is 0 Å². The van der Waals surface area contributed by atoms with E-state index in [1.807, 2.05) is 24.3 Å². The number of para-hydroxylation sites is 1. The number of amides is 1. The average molecular weight is 288 g/mol. The lowest BCUT2D eigenvalue weighted by molar-refractivity contribution is -0.143. The first-order valence-corrected chi connectivity index (χ1v) is 6.88. The monoisotopic (exact) mass is 288 g/mol. The van der Waals surface area contributed by atoms with Crippen molar-refractivity contribution in [3.8, 4) is 0 Å². The Bertz CT molecular complexity index is 667. The lowest BCUT2D eigenvalue weighted by Crippen LogP contribution is -2.46. The van der Waals surface area contributed by atoms with Crippen LogP contribution in [0.15, 0.2) is 30.5 Å². The van der Waals surface area contributed by atoms with Crippen molar-refractivity contribution in [3.63, 3.8) is 0 Å². The van der Waals surface area contributed by atoms with Crippen molar-refractivity contribution in [2.45, 2.75) is 33.2 Å². The molecular formula is C16H20N2O3. The fourth-order valence-electron chi connectivity index (χ4n) is 2.10. The van der Waals surface area contributed by atoms with E-state index in [-0.39, 0.29) is 12.3 Å². The summed E-state index contributed by atoms with van der Waals surface area (Å²) in [4.78, 5) is 26.5. The summed E-state index contributed by atoms with van der Waals surface area (Å²) in [5, 5.41) is 12.9. The van der Waals surface area contributed by atoms with E-state index in [0.717, 1.165) is 16.5 Å². The Labute approximate surface area is 123 Å². The number of carboxylic acids is 1. The molecule has 0 radical (unpaired) electrons. The second kappa shape index (κ2) is 5.60. The predicted octanol–water partition coefficient (Wildman–Crippen LogP) is 2.33. The quantitative estimate of drug-likeness (QED) is 0.807. The third-order valence-corrected chi connectivity index (χ3v) is 3.38. The van der Waals surface area contributed by atoms with E-state index in [2.05, 4.69) is 10.3 Å². The molecule has 0 aliphatic rings.